The normalized spacial score (nSPS) is 13.9. The molecular weight excluding hydrogens is 477 g/mol. The zero-order valence-corrected chi connectivity index (χ0v) is 20.3. The van der Waals surface area contributed by atoms with E-state index in [0.717, 1.165) is 31.0 Å². The average molecular weight is 506 g/mol. The summed E-state index contributed by atoms with van der Waals surface area (Å²) in [6.07, 6.45) is 0.210. The summed E-state index contributed by atoms with van der Waals surface area (Å²) in [5.41, 5.74) is 0.112. The van der Waals surface area contributed by atoms with E-state index in [1.807, 2.05) is 0 Å². The summed E-state index contributed by atoms with van der Waals surface area (Å²) >= 11 is 6.08. The van der Waals surface area contributed by atoms with Crippen LogP contribution in [0.4, 0.5) is 14.9 Å². The number of rotatable bonds is 10. The maximum atomic E-state index is 14.2. The highest BCUT2D eigenvalue weighted by Gasteiger charge is 2.24. The number of unbranched alkanes of at least 4 members (excludes halogenated alkanes) is 1. The molecule has 1 aliphatic rings. The van der Waals surface area contributed by atoms with Gasteiger partial charge in [0, 0.05) is 37.3 Å². The van der Waals surface area contributed by atoms with Gasteiger partial charge < -0.3 is 14.7 Å². The van der Waals surface area contributed by atoms with Crippen LogP contribution in [-0.2, 0) is 9.53 Å². The van der Waals surface area contributed by atoms with Gasteiger partial charge in [0.05, 0.1) is 24.5 Å². The molecule has 0 atom stereocenters. The minimum Gasteiger partial charge on any atom is -0.465 e. The predicted octanol–water partition coefficient (Wildman–Crippen LogP) is 3.77. The molecule has 1 fully saturated rings. The fraction of sp³-hybridized carbons (Fsp3) is 0.400. The van der Waals surface area contributed by atoms with Crippen molar-refractivity contribution in [3.63, 3.8) is 0 Å². The number of ketones is 1. The molecule has 2 amide bonds. The molecule has 0 saturated carbocycles. The Labute approximate surface area is 208 Å². The predicted molar refractivity (Wildman–Crippen MR) is 131 cm³/mol. The molecule has 2 aromatic rings. The van der Waals surface area contributed by atoms with Gasteiger partial charge in [-0.25, -0.2) is 9.18 Å². The van der Waals surface area contributed by atoms with Crippen molar-refractivity contribution < 1.29 is 28.6 Å². The minimum atomic E-state index is -1.20. The molecule has 8 nitrogen and oxygen atoms in total. The van der Waals surface area contributed by atoms with E-state index in [-0.39, 0.29) is 34.9 Å². The first-order valence-electron chi connectivity index (χ1n) is 11.4. The Morgan fingerprint density at radius 3 is 2.49 bits per heavy atom. The first-order valence-corrected chi connectivity index (χ1v) is 11.8. The van der Waals surface area contributed by atoms with E-state index in [1.165, 1.54) is 48.3 Å². The molecule has 0 aromatic heterocycles. The molecular formula is C25H29ClFN3O5. The van der Waals surface area contributed by atoms with Crippen LogP contribution in [0.2, 0.25) is 5.02 Å². The zero-order valence-electron chi connectivity index (χ0n) is 19.6. The molecule has 2 aromatic carbocycles. The standard InChI is InChI=1S/C25H29ClFN3O5/c1-28(22-9-8-18(26)16-20(22)24(32)19-6-2-3-7-21(19)27)23(31)17-30(25(33)34)11-5-4-10-29-12-14-35-15-13-29/h2-3,6-9,16H,4-5,10-15,17H2,1H3,(H,33,34). The number of ether oxygens (including phenoxy) is 1. The smallest absolute Gasteiger partial charge is 0.407 e. The number of hydrogen-bond acceptors (Lipinski definition) is 5. The molecule has 0 bridgehead atoms. The summed E-state index contributed by atoms with van der Waals surface area (Å²) in [6.45, 7) is 3.81. The number of hydrogen-bond donors (Lipinski definition) is 1. The lowest BCUT2D eigenvalue weighted by atomic mass is 10.0. The lowest BCUT2D eigenvalue weighted by molar-refractivity contribution is -0.119. The van der Waals surface area contributed by atoms with E-state index in [1.54, 1.807) is 6.07 Å². The third-order valence-electron chi connectivity index (χ3n) is 5.91. The Kier molecular flexibility index (Phi) is 9.59. The topological polar surface area (TPSA) is 90.4 Å². The number of amides is 2. The Morgan fingerprint density at radius 1 is 1.09 bits per heavy atom. The second-order valence-electron chi connectivity index (χ2n) is 8.29. The van der Waals surface area contributed by atoms with Crippen LogP contribution < -0.4 is 4.90 Å². The zero-order chi connectivity index (χ0) is 25.4. The van der Waals surface area contributed by atoms with Crippen molar-refractivity contribution in [1.82, 2.24) is 9.80 Å². The van der Waals surface area contributed by atoms with Crippen molar-refractivity contribution in [2.75, 3.05) is 57.9 Å². The van der Waals surface area contributed by atoms with Gasteiger partial charge in [0.25, 0.3) is 0 Å². The Hall–Kier alpha value is -3.01. The van der Waals surface area contributed by atoms with E-state index in [0.29, 0.717) is 19.6 Å². The average Bonchev–Trinajstić information content (AvgIpc) is 2.85. The molecule has 0 unspecified atom stereocenters. The number of carbonyl (C=O) groups is 3. The third kappa shape index (κ3) is 7.24. The van der Waals surface area contributed by atoms with Gasteiger partial charge in [-0.3, -0.25) is 19.4 Å². The summed E-state index contributed by atoms with van der Waals surface area (Å²) in [5, 5.41) is 9.85. The van der Waals surface area contributed by atoms with Crippen molar-refractivity contribution in [1.29, 1.82) is 0 Å². The molecule has 1 heterocycles. The van der Waals surface area contributed by atoms with Gasteiger partial charge in [0.2, 0.25) is 5.91 Å². The van der Waals surface area contributed by atoms with Crippen molar-refractivity contribution in [3.8, 4) is 0 Å². The first kappa shape index (κ1) is 26.6. The molecule has 0 radical (unpaired) electrons. The second kappa shape index (κ2) is 12.6. The Bertz CT molecular complexity index is 1060. The Morgan fingerprint density at radius 2 is 1.80 bits per heavy atom. The lowest BCUT2D eigenvalue weighted by Gasteiger charge is -2.27. The van der Waals surface area contributed by atoms with Gasteiger partial charge in [-0.05, 0) is 49.7 Å². The number of morpholine rings is 1. The van der Waals surface area contributed by atoms with Crippen molar-refractivity contribution in [3.05, 3.63) is 64.4 Å². The quantitative estimate of drug-likeness (QED) is 0.390. The van der Waals surface area contributed by atoms with Crippen LogP contribution in [0.5, 0.6) is 0 Å². The Balaban J connectivity index is 1.67. The highest BCUT2D eigenvalue weighted by Crippen LogP contribution is 2.27. The molecule has 1 aliphatic heterocycles. The number of carbonyl (C=O) groups excluding carboxylic acids is 2. The molecule has 3 rings (SSSR count). The monoisotopic (exact) mass is 505 g/mol. The fourth-order valence-corrected chi connectivity index (χ4v) is 4.05. The number of benzene rings is 2. The van der Waals surface area contributed by atoms with Crippen LogP contribution in [0.15, 0.2) is 42.5 Å². The number of carboxylic acid groups (broad SMARTS) is 1. The van der Waals surface area contributed by atoms with Crippen LogP contribution in [0.25, 0.3) is 0 Å². The summed E-state index contributed by atoms with van der Waals surface area (Å²) in [5.74, 6) is -1.84. The summed E-state index contributed by atoms with van der Waals surface area (Å²) in [4.78, 5) is 42.3. The SMILES string of the molecule is CN(C(=O)CN(CCCCN1CCOCC1)C(=O)O)c1ccc(Cl)cc1C(=O)c1ccccc1F. The van der Waals surface area contributed by atoms with E-state index in [2.05, 4.69) is 4.90 Å². The molecule has 35 heavy (non-hydrogen) atoms. The molecule has 0 spiro atoms. The van der Waals surface area contributed by atoms with Crippen LogP contribution in [0.1, 0.15) is 28.8 Å². The van der Waals surface area contributed by atoms with Crippen LogP contribution in [0, 0.1) is 5.82 Å². The minimum absolute atomic E-state index is 0.0471. The van der Waals surface area contributed by atoms with Gasteiger partial charge in [0.1, 0.15) is 12.4 Å². The van der Waals surface area contributed by atoms with Crippen LogP contribution in [-0.4, -0.2) is 85.7 Å². The van der Waals surface area contributed by atoms with Gasteiger partial charge in [0.15, 0.2) is 5.78 Å². The van der Waals surface area contributed by atoms with E-state index < -0.39 is 23.6 Å². The van der Waals surface area contributed by atoms with Crippen LogP contribution >= 0.6 is 11.6 Å². The first-order chi connectivity index (χ1) is 16.8. The lowest BCUT2D eigenvalue weighted by Crippen LogP contribution is -2.42. The molecule has 0 aliphatic carbocycles. The molecule has 1 N–H and O–H groups in total. The van der Waals surface area contributed by atoms with E-state index >= 15 is 0 Å². The summed E-state index contributed by atoms with van der Waals surface area (Å²) in [7, 11) is 1.45. The van der Waals surface area contributed by atoms with Gasteiger partial charge >= 0.3 is 6.09 Å². The number of nitrogens with zero attached hydrogens (tertiary/aromatic N) is 3. The van der Waals surface area contributed by atoms with Crippen molar-refractivity contribution in [2.24, 2.45) is 0 Å². The number of likely N-dealkylation sites (N-methyl/N-ethyl adjacent to an activating group) is 1. The number of anilines is 1. The highest BCUT2D eigenvalue weighted by molar-refractivity contribution is 6.31. The maximum Gasteiger partial charge on any atom is 0.407 e. The number of halogens is 2. The molecule has 188 valence electrons. The van der Waals surface area contributed by atoms with Crippen molar-refractivity contribution >= 4 is 35.1 Å². The van der Waals surface area contributed by atoms with Gasteiger partial charge in [-0.2, -0.15) is 0 Å². The largest absolute Gasteiger partial charge is 0.465 e. The second-order valence-corrected chi connectivity index (χ2v) is 8.72. The van der Waals surface area contributed by atoms with E-state index in [9.17, 15) is 23.9 Å². The summed E-state index contributed by atoms with van der Waals surface area (Å²) < 4.78 is 19.6. The van der Waals surface area contributed by atoms with Crippen molar-refractivity contribution in [2.45, 2.75) is 12.8 Å². The summed E-state index contributed by atoms with van der Waals surface area (Å²) in [6, 6.07) is 9.92. The highest BCUT2D eigenvalue weighted by atomic mass is 35.5. The molecule has 1 saturated heterocycles. The van der Waals surface area contributed by atoms with E-state index in [4.69, 9.17) is 16.3 Å². The van der Waals surface area contributed by atoms with Gasteiger partial charge in [-0.1, -0.05) is 23.7 Å². The van der Waals surface area contributed by atoms with Crippen LogP contribution in [0.3, 0.4) is 0 Å². The molecule has 10 heteroatoms. The maximum absolute atomic E-state index is 14.2. The fourth-order valence-electron chi connectivity index (χ4n) is 3.88. The third-order valence-corrected chi connectivity index (χ3v) is 6.14. The van der Waals surface area contributed by atoms with Gasteiger partial charge in [-0.15, -0.1) is 0 Å².